The molecule has 0 aromatic carbocycles. The zero-order valence-electron chi connectivity index (χ0n) is 19.8. The first-order chi connectivity index (χ1) is 16.0. The predicted octanol–water partition coefficient (Wildman–Crippen LogP) is 1.44. The number of aromatic nitrogens is 1. The lowest BCUT2D eigenvalue weighted by atomic mass is 10.0. The van der Waals surface area contributed by atoms with Gasteiger partial charge >= 0.3 is 6.09 Å². The second kappa shape index (κ2) is 12.7. The third-order valence-electron chi connectivity index (χ3n) is 5.78. The molecule has 1 aliphatic heterocycles. The summed E-state index contributed by atoms with van der Waals surface area (Å²) in [6, 6.07) is 4.01. The van der Waals surface area contributed by atoms with Crippen molar-refractivity contribution in [2.45, 2.75) is 50.8 Å². The molecule has 0 bridgehead atoms. The topological polar surface area (TPSA) is 111 Å². The summed E-state index contributed by atoms with van der Waals surface area (Å²) in [5, 5.41) is 5.92. The van der Waals surface area contributed by atoms with Gasteiger partial charge in [-0.15, -0.1) is 0 Å². The molecule has 1 saturated heterocycles. The lowest BCUT2D eigenvalue weighted by molar-refractivity contribution is -0.148. The van der Waals surface area contributed by atoms with E-state index in [1.54, 1.807) is 7.11 Å². The van der Waals surface area contributed by atoms with Crippen LogP contribution < -0.4 is 15.4 Å². The molecule has 10 nitrogen and oxygen atoms in total. The van der Waals surface area contributed by atoms with E-state index in [0.29, 0.717) is 51.6 Å². The van der Waals surface area contributed by atoms with Crippen LogP contribution in [-0.4, -0.2) is 87.7 Å². The molecular formula is C23H36N4O6. The standard InChI is InChI=1S/C23H36N4O6/c1-16(27(19-6-7-19)22(28)20-15-24-9-10-32-20)17-13-18(5-4-8-25-23(29)31-3)26-21(14-17)33-12-11-30-2/h13-14,16,19-20,24H,4-12,15H2,1-3H3,(H,25,29)/t16-,20+/m0/s1. The molecule has 2 amide bonds. The summed E-state index contributed by atoms with van der Waals surface area (Å²) < 4.78 is 21.2. The Labute approximate surface area is 195 Å². The van der Waals surface area contributed by atoms with Gasteiger partial charge in [-0.2, -0.15) is 0 Å². The number of pyridine rings is 1. The number of carbonyl (C=O) groups is 2. The van der Waals surface area contributed by atoms with Gasteiger partial charge in [-0.05, 0) is 44.2 Å². The number of amides is 2. The van der Waals surface area contributed by atoms with Crippen LogP contribution in [0.4, 0.5) is 4.79 Å². The minimum Gasteiger partial charge on any atom is -0.475 e. The van der Waals surface area contributed by atoms with Crippen LogP contribution in [0.5, 0.6) is 5.88 Å². The van der Waals surface area contributed by atoms with Gasteiger partial charge in [0.2, 0.25) is 5.88 Å². The van der Waals surface area contributed by atoms with E-state index in [-0.39, 0.29) is 18.0 Å². The molecule has 2 fully saturated rings. The Morgan fingerprint density at radius 3 is 2.79 bits per heavy atom. The molecule has 0 radical (unpaired) electrons. The number of hydrogen-bond donors (Lipinski definition) is 2. The Kier molecular flexibility index (Phi) is 9.71. The molecule has 0 unspecified atom stereocenters. The Morgan fingerprint density at radius 2 is 2.12 bits per heavy atom. The second-order valence-electron chi connectivity index (χ2n) is 8.31. The van der Waals surface area contributed by atoms with E-state index in [1.807, 2.05) is 24.0 Å². The van der Waals surface area contributed by atoms with Crippen molar-refractivity contribution >= 4 is 12.0 Å². The lowest BCUT2D eigenvalue weighted by Gasteiger charge is -2.34. The van der Waals surface area contributed by atoms with Crippen molar-refractivity contribution in [2.75, 3.05) is 53.7 Å². The van der Waals surface area contributed by atoms with Crippen molar-refractivity contribution in [3.05, 3.63) is 23.4 Å². The summed E-state index contributed by atoms with van der Waals surface area (Å²) in [7, 11) is 2.96. The average Bonchev–Trinajstić information content (AvgIpc) is 3.67. The van der Waals surface area contributed by atoms with Gasteiger partial charge < -0.3 is 34.5 Å². The van der Waals surface area contributed by atoms with E-state index in [2.05, 4.69) is 20.4 Å². The number of alkyl carbamates (subject to hydrolysis) is 1. The largest absolute Gasteiger partial charge is 0.475 e. The van der Waals surface area contributed by atoms with Crippen LogP contribution in [0.25, 0.3) is 0 Å². The highest BCUT2D eigenvalue weighted by Crippen LogP contribution is 2.36. The molecule has 33 heavy (non-hydrogen) atoms. The maximum Gasteiger partial charge on any atom is 0.406 e. The van der Waals surface area contributed by atoms with Crippen molar-refractivity contribution in [3.8, 4) is 5.88 Å². The first-order valence-electron chi connectivity index (χ1n) is 11.6. The molecule has 10 heteroatoms. The van der Waals surface area contributed by atoms with Gasteiger partial charge in [-0.1, -0.05) is 0 Å². The summed E-state index contributed by atoms with van der Waals surface area (Å²) in [5.74, 6) is 0.533. The van der Waals surface area contributed by atoms with Crippen LogP contribution in [0, 0.1) is 0 Å². The third kappa shape index (κ3) is 7.55. The Hall–Kier alpha value is -2.43. The fourth-order valence-electron chi connectivity index (χ4n) is 3.88. The highest BCUT2D eigenvalue weighted by Gasteiger charge is 2.40. The number of nitrogens with one attached hydrogen (secondary N) is 2. The van der Waals surface area contributed by atoms with Crippen molar-refractivity contribution in [3.63, 3.8) is 0 Å². The minimum atomic E-state index is -0.454. The van der Waals surface area contributed by atoms with Crippen LogP contribution >= 0.6 is 0 Å². The SMILES string of the molecule is COCCOc1cc([C@H](C)N(C(=O)[C@H]2CNCCO2)C2CC2)cc(CCCNC(=O)OC)n1. The molecule has 1 aromatic rings. The first kappa shape index (κ1) is 25.2. The van der Waals surface area contributed by atoms with E-state index >= 15 is 0 Å². The van der Waals surface area contributed by atoms with Gasteiger partial charge in [-0.3, -0.25) is 4.79 Å². The van der Waals surface area contributed by atoms with E-state index in [4.69, 9.17) is 14.2 Å². The summed E-state index contributed by atoms with van der Waals surface area (Å²) in [6.45, 7) is 5.21. The maximum atomic E-state index is 13.3. The fourth-order valence-corrected chi connectivity index (χ4v) is 3.88. The number of morpholine rings is 1. The normalized spacial score (nSPS) is 18.9. The Bertz CT molecular complexity index is 782. The number of aryl methyl sites for hydroxylation is 1. The number of ether oxygens (including phenoxy) is 4. The summed E-state index contributed by atoms with van der Waals surface area (Å²) >= 11 is 0. The van der Waals surface area contributed by atoms with Crippen LogP contribution in [-0.2, 0) is 25.4 Å². The average molecular weight is 465 g/mol. The minimum absolute atomic E-state index is 0.0275. The number of methoxy groups -OCH3 is 2. The number of rotatable bonds is 12. The zero-order valence-corrected chi connectivity index (χ0v) is 19.8. The van der Waals surface area contributed by atoms with Crippen LogP contribution in [0.2, 0.25) is 0 Å². The molecule has 2 aliphatic rings. The molecule has 2 N–H and O–H groups in total. The molecule has 1 saturated carbocycles. The van der Waals surface area contributed by atoms with E-state index in [1.165, 1.54) is 7.11 Å². The quantitative estimate of drug-likeness (QED) is 0.447. The van der Waals surface area contributed by atoms with Crippen LogP contribution in [0.15, 0.2) is 12.1 Å². The van der Waals surface area contributed by atoms with Gasteiger partial charge in [0.1, 0.15) is 12.7 Å². The van der Waals surface area contributed by atoms with Gasteiger partial charge in [0.25, 0.3) is 5.91 Å². The Balaban J connectivity index is 1.75. The summed E-state index contributed by atoms with van der Waals surface area (Å²) in [6.07, 6.45) is 2.45. The molecular weight excluding hydrogens is 428 g/mol. The maximum absolute atomic E-state index is 13.3. The molecule has 3 rings (SSSR count). The Morgan fingerprint density at radius 1 is 1.30 bits per heavy atom. The molecule has 0 spiro atoms. The first-order valence-corrected chi connectivity index (χ1v) is 11.6. The van der Waals surface area contributed by atoms with Crippen molar-refractivity contribution in [1.29, 1.82) is 0 Å². The molecule has 184 valence electrons. The van der Waals surface area contributed by atoms with Gasteiger partial charge in [-0.25, -0.2) is 9.78 Å². The second-order valence-corrected chi connectivity index (χ2v) is 8.31. The van der Waals surface area contributed by atoms with Gasteiger partial charge in [0, 0.05) is 44.5 Å². The van der Waals surface area contributed by atoms with E-state index in [0.717, 1.165) is 30.6 Å². The van der Waals surface area contributed by atoms with E-state index in [9.17, 15) is 9.59 Å². The molecule has 2 atom stereocenters. The highest BCUT2D eigenvalue weighted by atomic mass is 16.5. The van der Waals surface area contributed by atoms with Crippen LogP contribution in [0.3, 0.4) is 0 Å². The monoisotopic (exact) mass is 464 g/mol. The van der Waals surface area contributed by atoms with Crippen molar-refractivity contribution in [2.24, 2.45) is 0 Å². The molecule has 2 heterocycles. The van der Waals surface area contributed by atoms with Crippen molar-refractivity contribution in [1.82, 2.24) is 20.5 Å². The third-order valence-corrected chi connectivity index (χ3v) is 5.78. The summed E-state index contributed by atoms with van der Waals surface area (Å²) in [4.78, 5) is 31.2. The van der Waals surface area contributed by atoms with Gasteiger partial charge in [0.05, 0.1) is 26.4 Å². The molecule has 1 aromatic heterocycles. The fraction of sp³-hybridized carbons (Fsp3) is 0.696. The van der Waals surface area contributed by atoms with Crippen LogP contribution in [0.1, 0.15) is 43.5 Å². The number of carbonyl (C=O) groups excluding carboxylic acids is 2. The highest BCUT2D eigenvalue weighted by molar-refractivity contribution is 5.82. The van der Waals surface area contributed by atoms with Crippen molar-refractivity contribution < 1.29 is 28.5 Å². The van der Waals surface area contributed by atoms with E-state index < -0.39 is 12.2 Å². The number of nitrogens with zero attached hydrogens (tertiary/aromatic N) is 2. The van der Waals surface area contributed by atoms with Gasteiger partial charge in [0.15, 0.2) is 0 Å². The smallest absolute Gasteiger partial charge is 0.406 e. The summed E-state index contributed by atoms with van der Waals surface area (Å²) in [5.41, 5.74) is 1.81. The lowest BCUT2D eigenvalue weighted by Crippen LogP contribution is -2.50. The number of hydrogen-bond acceptors (Lipinski definition) is 8. The predicted molar refractivity (Wildman–Crippen MR) is 121 cm³/mol. The molecule has 1 aliphatic carbocycles. The zero-order chi connectivity index (χ0) is 23.6.